The Hall–Kier alpha value is -2.74. The summed E-state index contributed by atoms with van der Waals surface area (Å²) in [6.45, 7) is -0.449. The number of benzene rings is 1. The van der Waals surface area contributed by atoms with Gasteiger partial charge in [-0.1, -0.05) is 6.07 Å². The average molecular weight is 392 g/mol. The number of amides is 2. The Morgan fingerprint density at radius 1 is 1.17 bits per heavy atom. The van der Waals surface area contributed by atoms with E-state index in [1.807, 2.05) is 0 Å². The van der Waals surface area contributed by atoms with Gasteiger partial charge in [-0.15, -0.1) is 0 Å². The van der Waals surface area contributed by atoms with Crippen LogP contribution in [0, 0.1) is 0 Å². The number of aromatic nitrogens is 1. The number of ether oxygens (including phenoxy) is 1. The number of carbonyl (C=O) groups excluding carboxylic acids is 3. The van der Waals surface area contributed by atoms with Crippen molar-refractivity contribution in [3.05, 3.63) is 58.3 Å². The van der Waals surface area contributed by atoms with E-state index in [-0.39, 0.29) is 11.5 Å². The second-order valence-corrected chi connectivity index (χ2v) is 5.59. The van der Waals surface area contributed by atoms with Crippen LogP contribution in [0.15, 0.2) is 47.2 Å². The second-order valence-electron chi connectivity index (χ2n) is 4.68. The molecule has 0 unspecified atom stereocenters. The van der Waals surface area contributed by atoms with Gasteiger partial charge in [0.2, 0.25) is 0 Å². The van der Waals surface area contributed by atoms with Crippen molar-refractivity contribution in [2.24, 2.45) is 0 Å². The Morgan fingerprint density at radius 2 is 1.96 bits per heavy atom. The van der Waals surface area contributed by atoms with E-state index in [1.165, 1.54) is 25.5 Å². The molecular formula is C16H14BrN3O4. The summed E-state index contributed by atoms with van der Waals surface area (Å²) in [7, 11) is 1.52. The lowest BCUT2D eigenvalue weighted by atomic mass is 10.2. The Kier molecular flexibility index (Phi) is 6.02. The quantitative estimate of drug-likeness (QED) is 0.759. The number of hydrogen-bond acceptors (Lipinski definition) is 5. The molecular weight excluding hydrogens is 378 g/mol. The molecule has 1 aromatic carbocycles. The van der Waals surface area contributed by atoms with Gasteiger partial charge in [-0.05, 0) is 40.2 Å². The van der Waals surface area contributed by atoms with Crippen molar-refractivity contribution in [2.75, 3.05) is 19.0 Å². The minimum absolute atomic E-state index is 0.235. The number of nitrogens with one attached hydrogen (secondary N) is 2. The lowest BCUT2D eigenvalue weighted by Crippen LogP contribution is -2.22. The van der Waals surface area contributed by atoms with Gasteiger partial charge in [-0.2, -0.15) is 0 Å². The monoisotopic (exact) mass is 391 g/mol. The molecule has 0 radical (unpaired) electrons. The molecule has 0 aliphatic heterocycles. The molecule has 0 bridgehead atoms. The van der Waals surface area contributed by atoms with E-state index in [2.05, 4.69) is 31.5 Å². The average Bonchev–Trinajstić information content (AvgIpc) is 2.59. The molecule has 8 heteroatoms. The van der Waals surface area contributed by atoms with Crippen LogP contribution < -0.4 is 10.6 Å². The zero-order chi connectivity index (χ0) is 17.5. The first-order valence-corrected chi connectivity index (χ1v) is 7.68. The highest BCUT2D eigenvalue weighted by Gasteiger charge is 2.12. The summed E-state index contributed by atoms with van der Waals surface area (Å²) in [5.41, 5.74) is 1.08. The number of halogens is 1. The highest BCUT2D eigenvalue weighted by molar-refractivity contribution is 9.10. The van der Waals surface area contributed by atoms with Crippen molar-refractivity contribution in [2.45, 2.75) is 0 Å². The van der Waals surface area contributed by atoms with E-state index in [0.29, 0.717) is 15.7 Å². The molecule has 0 atom stereocenters. The SMILES string of the molecule is CNC(=O)c1cccc(NC(=O)COC(=O)c2cncc(Br)c2)c1. The fraction of sp³-hybridized carbons (Fsp3) is 0.125. The van der Waals surface area contributed by atoms with Crippen molar-refractivity contribution in [3.8, 4) is 0 Å². The third-order valence-corrected chi connectivity index (χ3v) is 3.34. The first-order valence-electron chi connectivity index (χ1n) is 6.89. The highest BCUT2D eigenvalue weighted by Crippen LogP contribution is 2.12. The summed E-state index contributed by atoms with van der Waals surface area (Å²) < 4.78 is 5.56. The van der Waals surface area contributed by atoms with Gasteiger partial charge in [-0.25, -0.2) is 4.79 Å². The lowest BCUT2D eigenvalue weighted by Gasteiger charge is -2.08. The number of pyridine rings is 1. The topological polar surface area (TPSA) is 97.4 Å². The molecule has 0 fully saturated rings. The van der Waals surface area contributed by atoms with Gasteiger partial charge < -0.3 is 15.4 Å². The fourth-order valence-corrected chi connectivity index (χ4v) is 2.18. The van der Waals surface area contributed by atoms with Crippen molar-refractivity contribution in [1.29, 1.82) is 0 Å². The molecule has 1 heterocycles. The normalized spacial score (nSPS) is 9.92. The first kappa shape index (κ1) is 17.6. The number of hydrogen-bond donors (Lipinski definition) is 2. The van der Waals surface area contributed by atoms with Gasteiger partial charge in [0, 0.05) is 35.2 Å². The van der Waals surface area contributed by atoms with Gasteiger partial charge in [0.25, 0.3) is 11.8 Å². The third-order valence-electron chi connectivity index (χ3n) is 2.91. The van der Waals surface area contributed by atoms with Crippen LogP contribution in [0.3, 0.4) is 0 Å². The van der Waals surface area contributed by atoms with Gasteiger partial charge in [0.1, 0.15) is 0 Å². The molecule has 2 N–H and O–H groups in total. The van der Waals surface area contributed by atoms with Gasteiger partial charge in [-0.3, -0.25) is 14.6 Å². The summed E-state index contributed by atoms with van der Waals surface area (Å²) in [6.07, 6.45) is 2.88. The molecule has 0 aliphatic carbocycles. The smallest absolute Gasteiger partial charge is 0.340 e. The summed E-state index contributed by atoms with van der Waals surface area (Å²) in [4.78, 5) is 39.1. The van der Waals surface area contributed by atoms with Gasteiger partial charge in [0.15, 0.2) is 6.61 Å². The number of anilines is 1. The van der Waals surface area contributed by atoms with Crippen LogP contribution >= 0.6 is 15.9 Å². The molecule has 7 nitrogen and oxygen atoms in total. The zero-order valence-electron chi connectivity index (χ0n) is 12.7. The largest absolute Gasteiger partial charge is 0.452 e. The summed E-state index contributed by atoms with van der Waals surface area (Å²) in [5.74, 6) is -1.43. The Labute approximate surface area is 146 Å². The van der Waals surface area contributed by atoms with Crippen molar-refractivity contribution < 1.29 is 19.1 Å². The Balaban J connectivity index is 1.92. The number of rotatable bonds is 5. The summed E-state index contributed by atoms with van der Waals surface area (Å²) >= 11 is 3.20. The lowest BCUT2D eigenvalue weighted by molar-refractivity contribution is -0.119. The van der Waals surface area contributed by atoms with Gasteiger partial charge in [0.05, 0.1) is 5.56 Å². The molecule has 0 saturated carbocycles. The van der Waals surface area contributed by atoms with Crippen LogP contribution in [-0.2, 0) is 9.53 Å². The molecule has 124 valence electrons. The standard InChI is InChI=1S/C16H14BrN3O4/c1-18-15(22)10-3-2-4-13(6-10)20-14(21)9-24-16(23)11-5-12(17)8-19-7-11/h2-8H,9H2,1H3,(H,18,22)(H,20,21). The fourth-order valence-electron chi connectivity index (χ4n) is 1.82. The molecule has 24 heavy (non-hydrogen) atoms. The molecule has 1 aromatic heterocycles. The van der Waals surface area contributed by atoms with Gasteiger partial charge >= 0.3 is 5.97 Å². The maximum Gasteiger partial charge on any atom is 0.340 e. The number of nitrogens with zero attached hydrogens (tertiary/aromatic N) is 1. The van der Waals surface area contributed by atoms with E-state index in [0.717, 1.165) is 0 Å². The number of carbonyl (C=O) groups is 3. The summed E-state index contributed by atoms with van der Waals surface area (Å²) in [6, 6.07) is 7.95. The minimum Gasteiger partial charge on any atom is -0.452 e. The Bertz CT molecular complexity index is 779. The number of esters is 1. The third kappa shape index (κ3) is 4.88. The van der Waals surface area contributed by atoms with Crippen molar-refractivity contribution in [3.63, 3.8) is 0 Å². The van der Waals surface area contributed by atoms with Crippen LogP contribution in [0.25, 0.3) is 0 Å². The molecule has 2 aromatic rings. The van der Waals surface area contributed by atoms with Crippen LogP contribution in [0.2, 0.25) is 0 Å². The predicted octanol–water partition coefficient (Wildman–Crippen LogP) is 2.00. The summed E-state index contributed by atoms with van der Waals surface area (Å²) in [5, 5.41) is 5.05. The van der Waals surface area contributed by atoms with Crippen LogP contribution in [0.4, 0.5) is 5.69 Å². The van der Waals surface area contributed by atoms with Crippen molar-refractivity contribution >= 4 is 39.4 Å². The maximum atomic E-state index is 11.9. The molecule has 2 amide bonds. The van der Waals surface area contributed by atoms with E-state index in [1.54, 1.807) is 24.3 Å². The molecule has 0 saturated heterocycles. The van der Waals surface area contributed by atoms with E-state index in [9.17, 15) is 14.4 Å². The Morgan fingerprint density at radius 3 is 2.67 bits per heavy atom. The molecule has 2 rings (SSSR count). The van der Waals surface area contributed by atoms with Crippen LogP contribution in [0.5, 0.6) is 0 Å². The van der Waals surface area contributed by atoms with E-state index >= 15 is 0 Å². The highest BCUT2D eigenvalue weighted by atomic mass is 79.9. The van der Waals surface area contributed by atoms with E-state index in [4.69, 9.17) is 4.74 Å². The minimum atomic E-state index is -0.655. The second kappa shape index (κ2) is 8.21. The predicted molar refractivity (Wildman–Crippen MR) is 90.7 cm³/mol. The van der Waals surface area contributed by atoms with E-state index < -0.39 is 18.5 Å². The molecule has 0 spiro atoms. The maximum absolute atomic E-state index is 11.9. The zero-order valence-corrected chi connectivity index (χ0v) is 14.3. The van der Waals surface area contributed by atoms with Crippen LogP contribution in [0.1, 0.15) is 20.7 Å². The molecule has 0 aliphatic rings. The first-order chi connectivity index (χ1) is 11.5. The van der Waals surface area contributed by atoms with Crippen molar-refractivity contribution in [1.82, 2.24) is 10.3 Å². The van der Waals surface area contributed by atoms with Crippen LogP contribution in [-0.4, -0.2) is 36.4 Å².